The minimum atomic E-state index is -3.55. The fourth-order valence-electron chi connectivity index (χ4n) is 1.83. The number of carbonyl (C=O) groups is 1. The highest BCUT2D eigenvalue weighted by atomic mass is 31.2. The summed E-state index contributed by atoms with van der Waals surface area (Å²) < 4.78 is 34.3. The van der Waals surface area contributed by atoms with Crippen LogP contribution < -0.4 is 4.52 Å². The fraction of sp³-hybridized carbons (Fsp3) is 0.588. The van der Waals surface area contributed by atoms with Gasteiger partial charge in [0.15, 0.2) is 6.10 Å². The number of hydrogen-bond donors (Lipinski definition) is 0. The lowest BCUT2D eigenvalue weighted by Crippen LogP contribution is -2.24. The van der Waals surface area contributed by atoms with Gasteiger partial charge in [-0.3, -0.25) is 4.52 Å². The number of unbranched alkanes of at least 4 members (excludes halogenated alkanes) is 1. The summed E-state index contributed by atoms with van der Waals surface area (Å²) in [5, 5.41) is 0. The summed E-state index contributed by atoms with van der Waals surface area (Å²) in [5.41, 5.74) is 0. The van der Waals surface area contributed by atoms with Crippen molar-refractivity contribution < 1.29 is 27.9 Å². The first-order valence-corrected chi connectivity index (χ1v) is 10.00. The van der Waals surface area contributed by atoms with Gasteiger partial charge in [0.2, 0.25) is 0 Å². The Balaban J connectivity index is 2.70. The van der Waals surface area contributed by atoms with E-state index in [0.717, 1.165) is 12.8 Å². The molecule has 0 bridgehead atoms. The van der Waals surface area contributed by atoms with E-state index in [0.29, 0.717) is 12.4 Å². The number of para-hydroxylation sites is 1. The average molecular weight is 358 g/mol. The van der Waals surface area contributed by atoms with E-state index in [1.165, 1.54) is 6.92 Å². The number of carbonyl (C=O) groups excluding carboxylic acids is 1. The van der Waals surface area contributed by atoms with Gasteiger partial charge < -0.3 is 14.0 Å². The third-order valence-corrected chi connectivity index (χ3v) is 4.93. The molecule has 1 aromatic rings. The highest BCUT2D eigenvalue weighted by Crippen LogP contribution is 2.49. The van der Waals surface area contributed by atoms with E-state index in [2.05, 4.69) is 6.92 Å². The molecule has 0 heterocycles. The normalized spacial score (nSPS) is 14.6. The Morgan fingerprint density at radius 3 is 2.50 bits per heavy atom. The molecule has 1 unspecified atom stereocenters. The second kappa shape index (κ2) is 11.2. The van der Waals surface area contributed by atoms with Gasteiger partial charge in [0.25, 0.3) is 0 Å². The molecule has 0 saturated carbocycles. The van der Waals surface area contributed by atoms with Gasteiger partial charge in [-0.15, -0.1) is 0 Å². The smallest absolute Gasteiger partial charge is 0.382 e. The zero-order chi connectivity index (χ0) is 17.8. The summed E-state index contributed by atoms with van der Waals surface area (Å²) in [4.78, 5) is 11.7. The molecule has 2 atom stereocenters. The van der Waals surface area contributed by atoms with Gasteiger partial charge in [-0.25, -0.2) is 9.36 Å². The first-order valence-electron chi connectivity index (χ1n) is 8.27. The molecule has 6 nitrogen and oxygen atoms in total. The minimum absolute atomic E-state index is 0.0648. The van der Waals surface area contributed by atoms with E-state index in [9.17, 15) is 9.36 Å². The standard InChI is InChI=1S/C17H27O6P/c1-4-6-12-20-13-14-24(19,22-15(3)17(18)21-5-2)23-16-10-8-7-9-11-16/h7-11,15H,4-6,12-14H2,1-3H3/t15-,24?/m0/s1. The highest BCUT2D eigenvalue weighted by molar-refractivity contribution is 7.54. The SMILES string of the molecule is CCCCOCCP(=O)(Oc1ccccc1)O[C@@H](C)C(=O)OCC. The van der Waals surface area contributed by atoms with Crippen molar-refractivity contribution in [2.45, 2.75) is 39.7 Å². The van der Waals surface area contributed by atoms with E-state index in [1.807, 2.05) is 6.07 Å². The van der Waals surface area contributed by atoms with Crippen molar-refractivity contribution in [2.24, 2.45) is 0 Å². The van der Waals surface area contributed by atoms with Crippen LogP contribution in [0.4, 0.5) is 0 Å². The maximum absolute atomic E-state index is 13.0. The van der Waals surface area contributed by atoms with Crippen LogP contribution >= 0.6 is 7.60 Å². The van der Waals surface area contributed by atoms with Crippen LogP contribution in [-0.2, 0) is 23.4 Å². The lowest BCUT2D eigenvalue weighted by molar-refractivity contribution is -0.150. The predicted octanol–water partition coefficient (Wildman–Crippen LogP) is 4.04. The monoisotopic (exact) mass is 358 g/mol. The minimum Gasteiger partial charge on any atom is -0.464 e. The quantitative estimate of drug-likeness (QED) is 0.319. The molecular weight excluding hydrogens is 331 g/mol. The predicted molar refractivity (Wildman–Crippen MR) is 92.5 cm³/mol. The summed E-state index contributed by atoms with van der Waals surface area (Å²) >= 11 is 0. The Morgan fingerprint density at radius 1 is 1.17 bits per heavy atom. The third kappa shape index (κ3) is 7.95. The van der Waals surface area contributed by atoms with Crippen molar-refractivity contribution in [3.8, 4) is 5.75 Å². The molecule has 0 aliphatic rings. The molecule has 136 valence electrons. The Morgan fingerprint density at radius 2 is 1.88 bits per heavy atom. The molecule has 1 aromatic carbocycles. The molecule has 0 aliphatic heterocycles. The van der Waals surface area contributed by atoms with Crippen LogP contribution in [-0.4, -0.2) is 38.1 Å². The van der Waals surface area contributed by atoms with Crippen LogP contribution in [0.3, 0.4) is 0 Å². The lowest BCUT2D eigenvalue weighted by Gasteiger charge is -2.22. The number of benzene rings is 1. The summed E-state index contributed by atoms with van der Waals surface area (Å²) in [6, 6.07) is 8.73. The van der Waals surface area contributed by atoms with Crippen molar-refractivity contribution >= 4 is 13.6 Å². The van der Waals surface area contributed by atoms with Gasteiger partial charge in [0.05, 0.1) is 19.4 Å². The van der Waals surface area contributed by atoms with E-state index in [-0.39, 0.29) is 19.4 Å². The Labute approximate surface area is 144 Å². The van der Waals surface area contributed by atoms with Crippen molar-refractivity contribution in [2.75, 3.05) is 26.0 Å². The molecule has 24 heavy (non-hydrogen) atoms. The first-order chi connectivity index (χ1) is 11.5. The second-order valence-electron chi connectivity index (χ2n) is 5.20. The topological polar surface area (TPSA) is 71.1 Å². The summed E-state index contributed by atoms with van der Waals surface area (Å²) in [6.45, 7) is 6.32. The van der Waals surface area contributed by atoms with Gasteiger partial charge in [0.1, 0.15) is 5.75 Å². The zero-order valence-electron chi connectivity index (χ0n) is 14.6. The molecular formula is C17H27O6P. The fourth-order valence-corrected chi connectivity index (χ4v) is 3.43. The summed E-state index contributed by atoms with van der Waals surface area (Å²) in [7, 11) is -3.55. The van der Waals surface area contributed by atoms with E-state index >= 15 is 0 Å². The lowest BCUT2D eigenvalue weighted by atomic mass is 10.3. The molecule has 0 spiro atoms. The molecule has 1 rings (SSSR count). The Hall–Kier alpha value is -1.36. The molecule has 0 aliphatic carbocycles. The van der Waals surface area contributed by atoms with Crippen molar-refractivity contribution in [1.29, 1.82) is 0 Å². The van der Waals surface area contributed by atoms with Crippen LogP contribution in [0, 0.1) is 0 Å². The summed E-state index contributed by atoms with van der Waals surface area (Å²) in [6.07, 6.45) is 1.04. The maximum atomic E-state index is 13.0. The van der Waals surface area contributed by atoms with Crippen LogP contribution in [0.25, 0.3) is 0 Å². The van der Waals surface area contributed by atoms with E-state index < -0.39 is 19.7 Å². The van der Waals surface area contributed by atoms with Crippen molar-refractivity contribution in [3.63, 3.8) is 0 Å². The number of esters is 1. The number of ether oxygens (including phenoxy) is 2. The van der Waals surface area contributed by atoms with E-state index in [1.54, 1.807) is 31.2 Å². The van der Waals surface area contributed by atoms with Crippen LogP contribution in [0.5, 0.6) is 5.75 Å². The molecule has 0 saturated heterocycles. The van der Waals surface area contributed by atoms with Crippen molar-refractivity contribution in [3.05, 3.63) is 30.3 Å². The van der Waals surface area contributed by atoms with Crippen LogP contribution in [0.1, 0.15) is 33.6 Å². The molecule has 0 aromatic heterocycles. The van der Waals surface area contributed by atoms with Gasteiger partial charge in [-0.2, -0.15) is 0 Å². The first kappa shape index (κ1) is 20.7. The van der Waals surface area contributed by atoms with Crippen LogP contribution in [0.2, 0.25) is 0 Å². The van der Waals surface area contributed by atoms with Gasteiger partial charge in [0, 0.05) is 6.61 Å². The van der Waals surface area contributed by atoms with Crippen molar-refractivity contribution in [1.82, 2.24) is 0 Å². The third-order valence-electron chi connectivity index (χ3n) is 3.08. The largest absolute Gasteiger partial charge is 0.464 e. The Kier molecular flexibility index (Phi) is 9.69. The van der Waals surface area contributed by atoms with E-state index in [4.69, 9.17) is 18.5 Å². The molecule has 0 amide bonds. The summed E-state index contributed by atoms with van der Waals surface area (Å²) in [5.74, 6) is -0.147. The zero-order valence-corrected chi connectivity index (χ0v) is 15.5. The van der Waals surface area contributed by atoms with Gasteiger partial charge in [-0.05, 0) is 32.4 Å². The van der Waals surface area contributed by atoms with Gasteiger partial charge >= 0.3 is 13.6 Å². The number of rotatable bonds is 12. The molecule has 0 radical (unpaired) electrons. The molecule has 7 heteroatoms. The highest BCUT2D eigenvalue weighted by Gasteiger charge is 2.32. The molecule has 0 fully saturated rings. The molecule has 0 N–H and O–H groups in total. The van der Waals surface area contributed by atoms with Crippen LogP contribution in [0.15, 0.2) is 30.3 Å². The average Bonchev–Trinajstić information content (AvgIpc) is 2.55. The second-order valence-corrected chi connectivity index (χ2v) is 7.27. The maximum Gasteiger partial charge on any atom is 0.382 e. The Bertz CT molecular complexity index is 519. The number of hydrogen-bond acceptors (Lipinski definition) is 6. The van der Waals surface area contributed by atoms with Gasteiger partial charge in [-0.1, -0.05) is 31.5 Å².